The Morgan fingerprint density at radius 3 is 2.47 bits per heavy atom. The largest absolute Gasteiger partial charge is 0.346 e. The molecular weight excluding hydrogens is 194 g/mol. The van der Waals surface area contributed by atoms with Crippen molar-refractivity contribution >= 4 is 11.8 Å². The van der Waals surface area contributed by atoms with Crippen LogP contribution in [0.2, 0.25) is 0 Å². The number of rotatable bonds is 5. The van der Waals surface area contributed by atoms with Gasteiger partial charge in [-0.25, -0.2) is 0 Å². The Bertz CT molecular complexity index is 270. The molecule has 0 aromatic carbocycles. The van der Waals surface area contributed by atoms with E-state index in [0.29, 0.717) is 13.0 Å². The van der Waals surface area contributed by atoms with Gasteiger partial charge < -0.3 is 10.2 Å². The van der Waals surface area contributed by atoms with Crippen LogP contribution in [-0.4, -0.2) is 36.9 Å². The molecule has 0 aliphatic heterocycles. The van der Waals surface area contributed by atoms with Crippen molar-refractivity contribution in [1.82, 2.24) is 10.2 Å². The SMILES string of the molecule is CCC(C#N)C(=O)NCC(=O)N(C)CC. The van der Waals surface area contributed by atoms with Crippen LogP contribution in [0.4, 0.5) is 0 Å². The lowest BCUT2D eigenvalue weighted by Gasteiger charge is -2.15. The zero-order valence-electron chi connectivity index (χ0n) is 9.41. The van der Waals surface area contributed by atoms with Gasteiger partial charge in [0.05, 0.1) is 12.6 Å². The molecule has 0 aliphatic rings. The van der Waals surface area contributed by atoms with Crippen molar-refractivity contribution in [2.75, 3.05) is 20.1 Å². The molecule has 1 atom stereocenters. The second kappa shape index (κ2) is 6.82. The maximum absolute atomic E-state index is 11.3. The van der Waals surface area contributed by atoms with Gasteiger partial charge in [0, 0.05) is 13.6 Å². The number of likely N-dealkylation sites (N-methyl/N-ethyl adjacent to an activating group) is 1. The number of hydrogen-bond donors (Lipinski definition) is 1. The maximum atomic E-state index is 11.3. The van der Waals surface area contributed by atoms with E-state index in [1.54, 1.807) is 14.0 Å². The van der Waals surface area contributed by atoms with Gasteiger partial charge in [-0.05, 0) is 13.3 Å². The fourth-order valence-corrected chi connectivity index (χ4v) is 0.933. The molecule has 0 bridgehead atoms. The van der Waals surface area contributed by atoms with Gasteiger partial charge >= 0.3 is 0 Å². The van der Waals surface area contributed by atoms with Gasteiger partial charge in [0.2, 0.25) is 11.8 Å². The quantitative estimate of drug-likeness (QED) is 0.702. The molecule has 5 nitrogen and oxygen atoms in total. The van der Waals surface area contributed by atoms with Crippen LogP contribution in [0.5, 0.6) is 0 Å². The maximum Gasteiger partial charge on any atom is 0.241 e. The van der Waals surface area contributed by atoms with E-state index >= 15 is 0 Å². The minimum atomic E-state index is -0.662. The molecule has 84 valence electrons. The highest BCUT2D eigenvalue weighted by atomic mass is 16.2. The molecule has 0 saturated carbocycles. The van der Waals surface area contributed by atoms with E-state index in [4.69, 9.17) is 5.26 Å². The van der Waals surface area contributed by atoms with Crippen molar-refractivity contribution in [2.45, 2.75) is 20.3 Å². The average molecular weight is 211 g/mol. The summed E-state index contributed by atoms with van der Waals surface area (Å²) in [6.45, 7) is 4.17. The fraction of sp³-hybridized carbons (Fsp3) is 0.700. The second-order valence-electron chi connectivity index (χ2n) is 3.22. The van der Waals surface area contributed by atoms with E-state index in [-0.39, 0.29) is 18.4 Å². The first kappa shape index (κ1) is 13.4. The first-order valence-electron chi connectivity index (χ1n) is 4.98. The van der Waals surface area contributed by atoms with Crippen molar-refractivity contribution in [1.29, 1.82) is 5.26 Å². The van der Waals surface area contributed by atoms with Gasteiger partial charge in [-0.15, -0.1) is 0 Å². The van der Waals surface area contributed by atoms with Crippen LogP contribution < -0.4 is 5.32 Å². The lowest BCUT2D eigenvalue weighted by molar-refractivity contribution is -0.132. The molecule has 1 N–H and O–H groups in total. The number of carbonyl (C=O) groups is 2. The summed E-state index contributed by atoms with van der Waals surface area (Å²) in [4.78, 5) is 24.1. The molecular formula is C10H17N3O2. The van der Waals surface area contributed by atoms with Gasteiger partial charge in [0.15, 0.2) is 0 Å². The number of nitrogens with one attached hydrogen (secondary N) is 1. The van der Waals surface area contributed by atoms with Gasteiger partial charge in [-0.3, -0.25) is 9.59 Å². The third-order valence-corrected chi connectivity index (χ3v) is 2.19. The average Bonchev–Trinajstić information content (AvgIpc) is 2.26. The van der Waals surface area contributed by atoms with E-state index in [2.05, 4.69) is 5.32 Å². The first-order valence-corrected chi connectivity index (χ1v) is 4.98. The molecule has 0 fully saturated rings. The summed E-state index contributed by atoms with van der Waals surface area (Å²) in [5.41, 5.74) is 0. The van der Waals surface area contributed by atoms with E-state index in [0.717, 1.165) is 0 Å². The van der Waals surface area contributed by atoms with Gasteiger partial charge in [0.1, 0.15) is 5.92 Å². The third-order valence-electron chi connectivity index (χ3n) is 2.19. The Hall–Kier alpha value is -1.57. The lowest BCUT2D eigenvalue weighted by atomic mass is 10.1. The Morgan fingerprint density at radius 2 is 2.07 bits per heavy atom. The van der Waals surface area contributed by atoms with Crippen LogP contribution in [0.3, 0.4) is 0 Å². The van der Waals surface area contributed by atoms with E-state index in [1.807, 2.05) is 13.0 Å². The highest BCUT2D eigenvalue weighted by molar-refractivity contribution is 5.86. The van der Waals surface area contributed by atoms with Gasteiger partial charge in [-0.2, -0.15) is 5.26 Å². The van der Waals surface area contributed by atoms with Crippen molar-refractivity contribution in [3.8, 4) is 6.07 Å². The summed E-state index contributed by atoms with van der Waals surface area (Å²) < 4.78 is 0. The highest BCUT2D eigenvalue weighted by Crippen LogP contribution is 1.99. The number of hydrogen-bond acceptors (Lipinski definition) is 3. The molecule has 0 aromatic heterocycles. The standard InChI is InChI=1S/C10H17N3O2/c1-4-8(6-11)10(15)12-7-9(14)13(3)5-2/h8H,4-5,7H2,1-3H3,(H,12,15). The molecule has 0 spiro atoms. The van der Waals surface area contributed by atoms with Crippen molar-refractivity contribution in [3.63, 3.8) is 0 Å². The summed E-state index contributed by atoms with van der Waals surface area (Å²) in [6.07, 6.45) is 0.458. The van der Waals surface area contributed by atoms with Crippen LogP contribution in [0, 0.1) is 17.2 Å². The minimum absolute atomic E-state index is 0.0403. The molecule has 0 saturated heterocycles. The van der Waals surface area contributed by atoms with Crippen LogP contribution in [0.15, 0.2) is 0 Å². The first-order chi connectivity index (χ1) is 7.06. The summed E-state index contributed by atoms with van der Waals surface area (Å²) in [7, 11) is 1.66. The van der Waals surface area contributed by atoms with Crippen molar-refractivity contribution in [3.05, 3.63) is 0 Å². The zero-order valence-corrected chi connectivity index (χ0v) is 9.41. The Kier molecular flexibility index (Phi) is 6.11. The molecule has 15 heavy (non-hydrogen) atoms. The topological polar surface area (TPSA) is 73.2 Å². The Morgan fingerprint density at radius 1 is 1.47 bits per heavy atom. The predicted molar refractivity (Wildman–Crippen MR) is 55.7 cm³/mol. The monoisotopic (exact) mass is 211 g/mol. The zero-order chi connectivity index (χ0) is 11.8. The molecule has 2 amide bonds. The second-order valence-corrected chi connectivity index (χ2v) is 3.22. The highest BCUT2D eigenvalue weighted by Gasteiger charge is 2.16. The van der Waals surface area contributed by atoms with Crippen LogP contribution in [-0.2, 0) is 9.59 Å². The normalized spacial score (nSPS) is 11.3. The lowest BCUT2D eigenvalue weighted by Crippen LogP contribution is -2.40. The van der Waals surface area contributed by atoms with Gasteiger partial charge in [-0.1, -0.05) is 6.92 Å². The molecule has 1 unspecified atom stereocenters. The molecule has 0 radical (unpaired) electrons. The Balaban J connectivity index is 4.01. The van der Waals surface area contributed by atoms with Crippen LogP contribution in [0.1, 0.15) is 20.3 Å². The van der Waals surface area contributed by atoms with Gasteiger partial charge in [0.25, 0.3) is 0 Å². The molecule has 0 rings (SSSR count). The fourth-order valence-electron chi connectivity index (χ4n) is 0.933. The number of carbonyl (C=O) groups excluding carboxylic acids is 2. The smallest absolute Gasteiger partial charge is 0.241 e. The van der Waals surface area contributed by atoms with E-state index in [9.17, 15) is 9.59 Å². The molecule has 5 heteroatoms. The van der Waals surface area contributed by atoms with Crippen molar-refractivity contribution in [2.24, 2.45) is 5.92 Å². The van der Waals surface area contributed by atoms with E-state index < -0.39 is 5.92 Å². The number of amides is 2. The number of nitrogens with zero attached hydrogens (tertiary/aromatic N) is 2. The summed E-state index contributed by atoms with van der Waals surface area (Å²) in [6, 6.07) is 1.88. The summed E-state index contributed by atoms with van der Waals surface area (Å²) in [5, 5.41) is 11.1. The van der Waals surface area contributed by atoms with Crippen LogP contribution >= 0.6 is 0 Å². The predicted octanol–water partition coefficient (Wildman–Crippen LogP) is 0.131. The van der Waals surface area contributed by atoms with Crippen molar-refractivity contribution < 1.29 is 9.59 Å². The summed E-state index contributed by atoms with van der Waals surface area (Å²) >= 11 is 0. The van der Waals surface area contributed by atoms with E-state index in [1.165, 1.54) is 4.90 Å². The number of nitriles is 1. The van der Waals surface area contributed by atoms with Crippen LogP contribution in [0.25, 0.3) is 0 Å². The minimum Gasteiger partial charge on any atom is -0.346 e. The molecule has 0 heterocycles. The Labute approximate surface area is 90.0 Å². The summed E-state index contributed by atoms with van der Waals surface area (Å²) in [5.74, 6) is -1.19. The molecule has 0 aromatic rings. The molecule has 0 aliphatic carbocycles. The third kappa shape index (κ3) is 4.45.